The molecule has 1 N–H and O–H groups in total. The van der Waals surface area contributed by atoms with Gasteiger partial charge in [-0.1, -0.05) is 31.8 Å². The summed E-state index contributed by atoms with van der Waals surface area (Å²) in [5.74, 6) is 2.52. The Morgan fingerprint density at radius 2 is 2.18 bits per heavy atom. The van der Waals surface area contributed by atoms with Crippen LogP contribution in [0.5, 0.6) is 0 Å². The number of alkyl halides is 1. The molecule has 1 aromatic heterocycles. The molecule has 3 atom stereocenters. The Morgan fingerprint density at radius 3 is 2.94 bits per heavy atom. The number of aryl methyl sites for hydroxylation is 1. The lowest BCUT2D eigenvalue weighted by Crippen LogP contribution is -2.35. The van der Waals surface area contributed by atoms with Crippen molar-refractivity contribution in [2.75, 3.05) is 11.2 Å². The van der Waals surface area contributed by atoms with E-state index in [1.807, 2.05) is 0 Å². The molecule has 1 aliphatic rings. The van der Waals surface area contributed by atoms with E-state index in [0.717, 1.165) is 5.92 Å². The summed E-state index contributed by atoms with van der Waals surface area (Å²) in [6.07, 6.45) is 4.40. The van der Waals surface area contributed by atoms with E-state index in [0.29, 0.717) is 36.2 Å². The van der Waals surface area contributed by atoms with E-state index >= 15 is 0 Å². The van der Waals surface area contributed by atoms with Crippen LogP contribution in [-0.2, 0) is 6.42 Å². The van der Waals surface area contributed by atoms with Crippen molar-refractivity contribution in [3.8, 4) is 0 Å². The van der Waals surface area contributed by atoms with E-state index < -0.39 is 0 Å². The van der Waals surface area contributed by atoms with Crippen LogP contribution in [0.15, 0.2) is 4.42 Å². The number of nitrogens with zero attached hydrogens (tertiary/aromatic N) is 2. The van der Waals surface area contributed by atoms with Crippen LogP contribution in [0, 0.1) is 11.8 Å². The Balaban J connectivity index is 1.94. The number of hydrogen-bond acceptors (Lipinski definition) is 4. The van der Waals surface area contributed by atoms with Crippen LogP contribution in [0.4, 0.5) is 6.01 Å². The zero-order chi connectivity index (χ0) is 12.3. The second-order valence-electron chi connectivity index (χ2n) is 4.96. The first-order chi connectivity index (χ1) is 8.20. The minimum absolute atomic E-state index is 0.447. The van der Waals surface area contributed by atoms with E-state index in [1.54, 1.807) is 0 Å². The number of anilines is 1. The predicted molar refractivity (Wildman–Crippen MR) is 68.3 cm³/mol. The molecule has 17 heavy (non-hydrogen) atoms. The van der Waals surface area contributed by atoms with Crippen molar-refractivity contribution in [1.29, 1.82) is 0 Å². The summed E-state index contributed by atoms with van der Waals surface area (Å²) in [6.45, 7) is 4.60. The summed E-state index contributed by atoms with van der Waals surface area (Å²) < 4.78 is 5.49. The van der Waals surface area contributed by atoms with Crippen molar-refractivity contribution in [2.24, 2.45) is 11.8 Å². The second kappa shape index (κ2) is 5.71. The highest BCUT2D eigenvalue weighted by Gasteiger charge is 2.27. The molecule has 0 bridgehead atoms. The van der Waals surface area contributed by atoms with Gasteiger partial charge in [0.05, 0.1) is 0 Å². The molecule has 96 valence electrons. The quantitative estimate of drug-likeness (QED) is 0.843. The largest absolute Gasteiger partial charge is 0.408 e. The molecule has 0 radical (unpaired) electrons. The minimum atomic E-state index is 0.447. The summed E-state index contributed by atoms with van der Waals surface area (Å²) in [4.78, 5) is 0. The molecular formula is C12H20ClN3O. The molecule has 5 heteroatoms. The smallest absolute Gasteiger partial charge is 0.315 e. The van der Waals surface area contributed by atoms with Gasteiger partial charge in [0, 0.05) is 18.3 Å². The van der Waals surface area contributed by atoms with Crippen molar-refractivity contribution in [3.05, 3.63) is 5.89 Å². The van der Waals surface area contributed by atoms with E-state index in [2.05, 4.69) is 29.4 Å². The first kappa shape index (κ1) is 12.7. The van der Waals surface area contributed by atoms with Crippen LogP contribution in [-0.4, -0.2) is 22.1 Å². The van der Waals surface area contributed by atoms with E-state index in [1.165, 1.54) is 19.3 Å². The number of halogens is 1. The SMILES string of the molecule is CC1CCCC(Nc2nnc(CCCl)o2)C1C. The van der Waals surface area contributed by atoms with Gasteiger partial charge in [0.2, 0.25) is 5.89 Å². The molecule has 1 heterocycles. The zero-order valence-electron chi connectivity index (χ0n) is 10.4. The molecule has 1 aromatic rings. The average molecular weight is 258 g/mol. The average Bonchev–Trinajstić information content (AvgIpc) is 2.73. The topological polar surface area (TPSA) is 51.0 Å². The lowest BCUT2D eigenvalue weighted by molar-refractivity contribution is 0.250. The molecule has 0 amide bonds. The molecule has 1 fully saturated rings. The zero-order valence-corrected chi connectivity index (χ0v) is 11.2. The standard InChI is InChI=1S/C12H20ClN3O/c1-8-4-3-5-10(9(8)2)14-12-16-15-11(17-12)6-7-13/h8-10H,3-7H2,1-2H3,(H,14,16). The van der Waals surface area contributed by atoms with Gasteiger partial charge in [0.25, 0.3) is 0 Å². The minimum Gasteiger partial charge on any atom is -0.408 e. The molecule has 4 nitrogen and oxygen atoms in total. The van der Waals surface area contributed by atoms with Crippen LogP contribution in [0.1, 0.15) is 39.0 Å². The summed E-state index contributed by atoms with van der Waals surface area (Å²) in [5, 5.41) is 11.3. The molecule has 1 aliphatic carbocycles. The van der Waals surface area contributed by atoms with Crippen molar-refractivity contribution in [2.45, 2.75) is 45.6 Å². The van der Waals surface area contributed by atoms with Gasteiger partial charge in [0.15, 0.2) is 0 Å². The highest BCUT2D eigenvalue weighted by molar-refractivity contribution is 6.17. The molecule has 3 unspecified atom stereocenters. The van der Waals surface area contributed by atoms with E-state index in [-0.39, 0.29) is 0 Å². The third-order valence-electron chi connectivity index (χ3n) is 3.79. The highest BCUT2D eigenvalue weighted by Crippen LogP contribution is 2.31. The van der Waals surface area contributed by atoms with Gasteiger partial charge in [-0.25, -0.2) is 0 Å². The summed E-state index contributed by atoms with van der Waals surface area (Å²) in [6, 6.07) is 0.985. The van der Waals surface area contributed by atoms with Gasteiger partial charge in [-0.15, -0.1) is 16.7 Å². The number of aromatic nitrogens is 2. The van der Waals surface area contributed by atoms with Gasteiger partial charge in [-0.2, -0.15) is 0 Å². The molecule has 0 aliphatic heterocycles. The third-order valence-corrected chi connectivity index (χ3v) is 3.98. The summed E-state index contributed by atoms with van der Waals surface area (Å²) >= 11 is 5.63. The molecule has 1 saturated carbocycles. The fourth-order valence-corrected chi connectivity index (χ4v) is 2.60. The fourth-order valence-electron chi connectivity index (χ4n) is 2.44. The van der Waals surface area contributed by atoms with Gasteiger partial charge in [-0.05, 0) is 18.3 Å². The highest BCUT2D eigenvalue weighted by atomic mass is 35.5. The first-order valence-corrected chi connectivity index (χ1v) is 6.89. The summed E-state index contributed by atoms with van der Waals surface area (Å²) in [7, 11) is 0. The third kappa shape index (κ3) is 3.12. The number of nitrogens with one attached hydrogen (secondary N) is 1. The van der Waals surface area contributed by atoms with Gasteiger partial charge in [0.1, 0.15) is 0 Å². The van der Waals surface area contributed by atoms with Crippen molar-refractivity contribution in [1.82, 2.24) is 10.2 Å². The van der Waals surface area contributed by atoms with Crippen molar-refractivity contribution in [3.63, 3.8) is 0 Å². The Bertz CT molecular complexity index is 355. The van der Waals surface area contributed by atoms with Crippen LogP contribution < -0.4 is 5.32 Å². The summed E-state index contributed by atoms with van der Waals surface area (Å²) in [5.41, 5.74) is 0. The van der Waals surface area contributed by atoms with Crippen LogP contribution in [0.3, 0.4) is 0 Å². The Labute approximate surface area is 107 Å². The Morgan fingerprint density at radius 1 is 1.35 bits per heavy atom. The first-order valence-electron chi connectivity index (χ1n) is 6.35. The molecule has 0 spiro atoms. The lowest BCUT2D eigenvalue weighted by atomic mass is 9.78. The lowest BCUT2D eigenvalue weighted by Gasteiger charge is -2.33. The van der Waals surface area contributed by atoms with Crippen LogP contribution in [0.25, 0.3) is 0 Å². The van der Waals surface area contributed by atoms with Crippen molar-refractivity contribution >= 4 is 17.6 Å². The molecule has 2 rings (SSSR count). The van der Waals surface area contributed by atoms with E-state index in [9.17, 15) is 0 Å². The van der Waals surface area contributed by atoms with Crippen LogP contribution in [0.2, 0.25) is 0 Å². The molecule has 0 saturated heterocycles. The molecule has 0 aromatic carbocycles. The van der Waals surface area contributed by atoms with Gasteiger partial charge >= 0.3 is 6.01 Å². The number of hydrogen-bond donors (Lipinski definition) is 1. The maximum Gasteiger partial charge on any atom is 0.315 e. The predicted octanol–water partition coefficient (Wildman–Crippen LogP) is 3.09. The fraction of sp³-hybridized carbons (Fsp3) is 0.833. The maximum atomic E-state index is 5.63. The van der Waals surface area contributed by atoms with Crippen LogP contribution >= 0.6 is 11.6 Å². The number of rotatable bonds is 4. The van der Waals surface area contributed by atoms with Crippen molar-refractivity contribution < 1.29 is 4.42 Å². The molecular weight excluding hydrogens is 238 g/mol. The second-order valence-corrected chi connectivity index (χ2v) is 5.34. The van der Waals surface area contributed by atoms with E-state index in [4.69, 9.17) is 16.0 Å². The Hall–Kier alpha value is -0.770. The van der Waals surface area contributed by atoms with Gasteiger partial charge < -0.3 is 9.73 Å². The normalized spacial score (nSPS) is 29.2. The Kier molecular flexibility index (Phi) is 4.26. The van der Waals surface area contributed by atoms with Gasteiger partial charge in [-0.3, -0.25) is 0 Å². The maximum absolute atomic E-state index is 5.63. The monoisotopic (exact) mass is 257 g/mol.